The maximum Gasteiger partial charge on any atom is 0.547 e. The number of carboxylic acids is 1. The fourth-order valence-electron chi connectivity index (χ4n) is 3.50. The SMILES string of the molecule is CC(=O)N(CCN)Cc1cccc(C(=O)N[C@H]2Cc3cccc(C(=O)O)c3OB2O)c1. The van der Waals surface area contributed by atoms with Gasteiger partial charge in [0.05, 0.1) is 11.5 Å². The largest absolute Gasteiger partial charge is 0.547 e. The number of para-hydroxylation sites is 1. The molecule has 2 aromatic carbocycles. The van der Waals surface area contributed by atoms with E-state index >= 15 is 0 Å². The molecule has 10 heteroatoms. The van der Waals surface area contributed by atoms with Crippen molar-refractivity contribution >= 4 is 24.9 Å². The van der Waals surface area contributed by atoms with Crippen LogP contribution in [0.4, 0.5) is 0 Å². The van der Waals surface area contributed by atoms with Gasteiger partial charge in [-0.05, 0) is 35.7 Å². The Balaban J connectivity index is 1.73. The van der Waals surface area contributed by atoms with Crippen LogP contribution in [0.3, 0.4) is 0 Å². The molecule has 2 amide bonds. The summed E-state index contributed by atoms with van der Waals surface area (Å²) in [6.45, 7) is 2.54. The summed E-state index contributed by atoms with van der Waals surface area (Å²) in [7, 11) is -1.39. The smallest absolute Gasteiger partial charge is 0.534 e. The van der Waals surface area contributed by atoms with E-state index in [1.165, 1.54) is 13.0 Å². The molecule has 1 aliphatic rings. The van der Waals surface area contributed by atoms with Gasteiger partial charge >= 0.3 is 13.1 Å². The summed E-state index contributed by atoms with van der Waals surface area (Å²) in [6, 6.07) is 11.5. The van der Waals surface area contributed by atoms with Crippen molar-refractivity contribution in [1.29, 1.82) is 0 Å². The van der Waals surface area contributed by atoms with Crippen LogP contribution in [0.15, 0.2) is 42.5 Å². The van der Waals surface area contributed by atoms with E-state index in [4.69, 9.17) is 10.4 Å². The molecule has 0 unspecified atom stereocenters. The Morgan fingerprint density at radius 3 is 2.68 bits per heavy atom. The number of nitrogens with two attached hydrogens (primary N) is 1. The highest BCUT2D eigenvalue weighted by molar-refractivity contribution is 6.47. The van der Waals surface area contributed by atoms with Crippen molar-refractivity contribution in [2.75, 3.05) is 13.1 Å². The van der Waals surface area contributed by atoms with E-state index < -0.39 is 24.9 Å². The van der Waals surface area contributed by atoms with Gasteiger partial charge in [0.15, 0.2) is 0 Å². The first kappa shape index (κ1) is 22.3. The quantitative estimate of drug-likeness (QED) is 0.472. The third-order valence-corrected chi connectivity index (χ3v) is 5.07. The highest BCUT2D eigenvalue weighted by atomic mass is 16.5. The molecule has 2 aromatic rings. The van der Waals surface area contributed by atoms with Gasteiger partial charge in [0.1, 0.15) is 5.75 Å². The number of hydrogen-bond donors (Lipinski definition) is 4. The van der Waals surface area contributed by atoms with E-state index in [-0.39, 0.29) is 23.6 Å². The summed E-state index contributed by atoms with van der Waals surface area (Å²) < 4.78 is 5.41. The number of hydrogen-bond acceptors (Lipinski definition) is 6. The lowest BCUT2D eigenvalue weighted by Gasteiger charge is -2.29. The number of aromatic carboxylic acids is 1. The Bertz CT molecular complexity index is 999. The van der Waals surface area contributed by atoms with Crippen molar-refractivity contribution in [1.82, 2.24) is 10.2 Å². The number of benzene rings is 2. The van der Waals surface area contributed by atoms with Gasteiger partial charge in [-0.25, -0.2) is 4.79 Å². The number of carboxylic acid groups (broad SMARTS) is 1. The highest BCUT2D eigenvalue weighted by Crippen LogP contribution is 2.30. The molecule has 0 radical (unpaired) electrons. The Morgan fingerprint density at radius 2 is 2.00 bits per heavy atom. The van der Waals surface area contributed by atoms with E-state index in [0.717, 1.165) is 5.56 Å². The van der Waals surface area contributed by atoms with Crippen molar-refractivity contribution in [2.45, 2.75) is 25.8 Å². The van der Waals surface area contributed by atoms with E-state index in [9.17, 15) is 24.5 Å². The molecule has 9 nitrogen and oxygen atoms in total. The molecule has 31 heavy (non-hydrogen) atoms. The number of nitrogens with zero attached hydrogens (tertiary/aromatic N) is 1. The molecular weight excluding hydrogens is 401 g/mol. The Labute approximate surface area is 179 Å². The summed E-state index contributed by atoms with van der Waals surface area (Å²) in [5.41, 5.74) is 7.23. The van der Waals surface area contributed by atoms with E-state index in [0.29, 0.717) is 30.8 Å². The molecule has 5 N–H and O–H groups in total. The highest BCUT2D eigenvalue weighted by Gasteiger charge is 2.37. The molecule has 1 atom stereocenters. The maximum atomic E-state index is 12.8. The third kappa shape index (κ3) is 5.22. The van der Waals surface area contributed by atoms with Crippen LogP contribution < -0.4 is 15.7 Å². The number of amides is 2. The Kier molecular flexibility index (Phi) is 6.93. The number of nitrogens with one attached hydrogen (secondary N) is 1. The minimum Gasteiger partial charge on any atom is -0.534 e. The molecule has 162 valence electrons. The zero-order chi connectivity index (χ0) is 22.5. The fourth-order valence-corrected chi connectivity index (χ4v) is 3.50. The standard InChI is InChI=1S/C21H24BN3O6/c1-13(26)25(9-8-23)12-14-4-2-6-16(10-14)20(27)24-18-11-15-5-3-7-17(21(28)29)19(15)31-22(18)30/h2-7,10,18,30H,8-9,11-12,23H2,1H3,(H,24,27)(H,28,29)/t18-/m0/s1. The minimum atomic E-state index is -1.39. The lowest BCUT2D eigenvalue weighted by atomic mass is 9.72. The molecule has 3 rings (SSSR count). The molecule has 1 aliphatic heterocycles. The van der Waals surface area contributed by atoms with Crippen LogP contribution >= 0.6 is 0 Å². The topological polar surface area (TPSA) is 142 Å². The van der Waals surface area contributed by atoms with Gasteiger partial charge in [-0.2, -0.15) is 0 Å². The molecule has 0 saturated heterocycles. The summed E-state index contributed by atoms with van der Waals surface area (Å²) in [4.78, 5) is 37.4. The first-order valence-electron chi connectivity index (χ1n) is 9.85. The van der Waals surface area contributed by atoms with Gasteiger partial charge < -0.3 is 30.7 Å². The molecule has 0 spiro atoms. The summed E-state index contributed by atoms with van der Waals surface area (Å²) in [5, 5.41) is 22.3. The first-order chi connectivity index (χ1) is 14.8. The number of rotatable bonds is 7. The average molecular weight is 425 g/mol. The second kappa shape index (κ2) is 9.63. The Morgan fingerprint density at radius 1 is 1.26 bits per heavy atom. The van der Waals surface area contributed by atoms with Crippen molar-refractivity contribution < 1.29 is 29.2 Å². The third-order valence-electron chi connectivity index (χ3n) is 5.07. The van der Waals surface area contributed by atoms with Crippen LogP contribution in [0.5, 0.6) is 5.75 Å². The first-order valence-corrected chi connectivity index (χ1v) is 9.85. The van der Waals surface area contributed by atoms with Crippen LogP contribution in [-0.2, 0) is 17.8 Å². The second-order valence-electron chi connectivity index (χ2n) is 7.32. The van der Waals surface area contributed by atoms with E-state index in [2.05, 4.69) is 5.32 Å². The van der Waals surface area contributed by atoms with Crippen molar-refractivity contribution in [3.05, 3.63) is 64.7 Å². The van der Waals surface area contributed by atoms with Crippen molar-refractivity contribution in [3.8, 4) is 5.75 Å². The van der Waals surface area contributed by atoms with Crippen LogP contribution in [-0.4, -0.2) is 59.0 Å². The van der Waals surface area contributed by atoms with Gasteiger partial charge in [-0.3, -0.25) is 9.59 Å². The maximum absolute atomic E-state index is 12.8. The monoisotopic (exact) mass is 425 g/mol. The molecule has 0 bridgehead atoms. The zero-order valence-electron chi connectivity index (χ0n) is 17.1. The number of carbonyl (C=O) groups is 3. The molecular formula is C21H24BN3O6. The second-order valence-corrected chi connectivity index (χ2v) is 7.32. The van der Waals surface area contributed by atoms with Gasteiger partial charge in [0.25, 0.3) is 5.91 Å². The molecule has 0 fully saturated rings. The molecule has 1 heterocycles. The molecule has 0 aromatic heterocycles. The van der Waals surface area contributed by atoms with Crippen molar-refractivity contribution in [3.63, 3.8) is 0 Å². The van der Waals surface area contributed by atoms with Crippen LogP contribution in [0.25, 0.3) is 0 Å². The van der Waals surface area contributed by atoms with Crippen LogP contribution in [0.1, 0.15) is 38.8 Å². The van der Waals surface area contributed by atoms with Gasteiger partial charge in [-0.15, -0.1) is 0 Å². The predicted octanol–water partition coefficient (Wildman–Crippen LogP) is 0.445. The van der Waals surface area contributed by atoms with E-state index in [1.54, 1.807) is 35.2 Å². The summed E-state index contributed by atoms with van der Waals surface area (Å²) in [5.74, 6) is -2.32. The Hall–Kier alpha value is -3.37. The van der Waals surface area contributed by atoms with Crippen molar-refractivity contribution in [2.24, 2.45) is 5.73 Å². The summed E-state index contributed by atoms with van der Waals surface area (Å²) >= 11 is 0. The predicted molar refractivity (Wildman–Crippen MR) is 114 cm³/mol. The van der Waals surface area contributed by atoms with Gasteiger partial charge in [-0.1, -0.05) is 24.3 Å². The van der Waals surface area contributed by atoms with Crippen LogP contribution in [0.2, 0.25) is 0 Å². The van der Waals surface area contributed by atoms with Crippen LogP contribution in [0, 0.1) is 0 Å². The normalized spacial score (nSPS) is 14.9. The van der Waals surface area contributed by atoms with E-state index in [1.807, 2.05) is 6.07 Å². The number of fused-ring (bicyclic) bond motifs is 1. The minimum absolute atomic E-state index is 0.0402. The molecule has 0 saturated carbocycles. The molecule has 0 aliphatic carbocycles. The lowest BCUT2D eigenvalue weighted by Crippen LogP contribution is -2.53. The average Bonchev–Trinajstić information content (AvgIpc) is 2.73. The fraction of sp³-hybridized carbons (Fsp3) is 0.286. The number of carbonyl (C=O) groups excluding carboxylic acids is 2. The zero-order valence-corrected chi connectivity index (χ0v) is 17.1. The lowest BCUT2D eigenvalue weighted by molar-refractivity contribution is -0.129. The van der Waals surface area contributed by atoms with Gasteiger partial charge in [0, 0.05) is 32.1 Å². The van der Waals surface area contributed by atoms with Gasteiger partial charge in [0.2, 0.25) is 5.91 Å². The summed E-state index contributed by atoms with van der Waals surface area (Å²) in [6.07, 6.45) is 0.220.